The number of rotatable bonds is 5. The molecule has 0 aliphatic carbocycles. The van der Waals surface area contributed by atoms with Gasteiger partial charge in [0, 0.05) is 12.5 Å². The van der Waals surface area contributed by atoms with Gasteiger partial charge in [0.05, 0.1) is 0 Å². The number of aliphatic carboxylic acids is 1. The van der Waals surface area contributed by atoms with E-state index < -0.39 is 12.1 Å². The Morgan fingerprint density at radius 3 is 2.75 bits per heavy atom. The highest BCUT2D eigenvalue weighted by atomic mass is 16.5. The molecule has 2 unspecified atom stereocenters. The van der Waals surface area contributed by atoms with Crippen LogP contribution in [-0.4, -0.2) is 40.6 Å². The maximum atomic E-state index is 12.5. The van der Waals surface area contributed by atoms with Crippen LogP contribution in [0, 0.1) is 0 Å². The van der Waals surface area contributed by atoms with Crippen LogP contribution in [0.4, 0.5) is 0 Å². The number of carboxylic acid groups (broad SMARTS) is 1. The summed E-state index contributed by atoms with van der Waals surface area (Å²) in [6.45, 7) is 3.49. The van der Waals surface area contributed by atoms with Crippen molar-refractivity contribution in [2.45, 2.75) is 38.8 Å². The zero-order valence-corrected chi connectivity index (χ0v) is 11.7. The first-order chi connectivity index (χ1) is 9.52. The summed E-state index contributed by atoms with van der Waals surface area (Å²) in [6, 6.07) is 7.39. The van der Waals surface area contributed by atoms with Gasteiger partial charge in [-0.05, 0) is 25.0 Å². The first kappa shape index (κ1) is 14.4. The van der Waals surface area contributed by atoms with E-state index in [9.17, 15) is 9.59 Å². The smallest absolute Gasteiger partial charge is 0.323 e. The van der Waals surface area contributed by atoms with Crippen LogP contribution in [0.1, 0.15) is 25.8 Å². The van der Waals surface area contributed by atoms with Gasteiger partial charge in [-0.25, -0.2) is 0 Å². The molecule has 1 aliphatic rings. The molecule has 1 amide bonds. The Hall–Kier alpha value is -2.04. The summed E-state index contributed by atoms with van der Waals surface area (Å²) in [7, 11) is 0. The Kier molecular flexibility index (Phi) is 4.27. The molecule has 20 heavy (non-hydrogen) atoms. The van der Waals surface area contributed by atoms with Gasteiger partial charge in [0.2, 0.25) is 0 Å². The summed E-state index contributed by atoms with van der Waals surface area (Å²) >= 11 is 0. The second kappa shape index (κ2) is 5.94. The lowest BCUT2D eigenvalue weighted by Gasteiger charge is -2.29. The van der Waals surface area contributed by atoms with Gasteiger partial charge in [-0.15, -0.1) is 0 Å². The summed E-state index contributed by atoms with van der Waals surface area (Å²) < 4.78 is 5.64. The Labute approximate surface area is 118 Å². The van der Waals surface area contributed by atoms with Crippen molar-refractivity contribution in [1.82, 2.24) is 4.90 Å². The van der Waals surface area contributed by atoms with Crippen molar-refractivity contribution >= 4 is 11.9 Å². The number of hydrogen-bond donors (Lipinski definition) is 1. The molecule has 2 rings (SSSR count). The number of nitrogens with zero attached hydrogens (tertiary/aromatic N) is 1. The fraction of sp³-hybridized carbons (Fsp3) is 0.467. The molecule has 1 aliphatic heterocycles. The second-order valence-electron chi connectivity index (χ2n) is 5.04. The van der Waals surface area contributed by atoms with Crippen molar-refractivity contribution in [2.75, 3.05) is 6.54 Å². The number of ether oxygens (including phenoxy) is 1. The number of benzene rings is 1. The van der Waals surface area contributed by atoms with Crippen molar-refractivity contribution in [3.8, 4) is 5.75 Å². The number of amides is 1. The van der Waals surface area contributed by atoms with E-state index in [1.807, 2.05) is 38.1 Å². The molecule has 1 N–H and O–H groups in total. The van der Waals surface area contributed by atoms with Crippen LogP contribution in [0.5, 0.6) is 5.75 Å². The number of carbonyl (C=O) groups excluding carboxylic acids is 1. The minimum atomic E-state index is -1.01. The molecule has 1 aromatic carbocycles. The van der Waals surface area contributed by atoms with E-state index in [1.54, 1.807) is 0 Å². The molecule has 0 radical (unpaired) electrons. The molecule has 0 bridgehead atoms. The normalized spacial score (nSPS) is 18.0. The molecule has 0 spiro atoms. The molecule has 0 saturated heterocycles. The van der Waals surface area contributed by atoms with Gasteiger partial charge in [-0.1, -0.05) is 25.1 Å². The van der Waals surface area contributed by atoms with Gasteiger partial charge in [-0.3, -0.25) is 9.59 Å². The number of hydrogen-bond acceptors (Lipinski definition) is 3. The lowest BCUT2D eigenvalue weighted by molar-refractivity contribution is -0.149. The second-order valence-corrected chi connectivity index (χ2v) is 5.04. The molecule has 5 nitrogen and oxygen atoms in total. The molecule has 1 aromatic rings. The summed E-state index contributed by atoms with van der Waals surface area (Å²) in [5.41, 5.74) is 0.991. The summed E-state index contributed by atoms with van der Waals surface area (Å²) in [5.74, 6) is -0.544. The molecular weight excluding hydrogens is 258 g/mol. The van der Waals surface area contributed by atoms with E-state index in [0.717, 1.165) is 5.56 Å². The van der Waals surface area contributed by atoms with Gasteiger partial charge in [-0.2, -0.15) is 0 Å². The third-order valence-electron chi connectivity index (χ3n) is 3.63. The Morgan fingerprint density at radius 1 is 1.45 bits per heavy atom. The minimum Gasteiger partial charge on any atom is -0.480 e. The summed E-state index contributed by atoms with van der Waals surface area (Å²) in [6.07, 6.45) is 0.598. The van der Waals surface area contributed by atoms with E-state index in [2.05, 4.69) is 0 Å². The number of para-hydroxylation sites is 1. The molecule has 5 heteroatoms. The molecule has 0 aromatic heterocycles. The van der Waals surface area contributed by atoms with Gasteiger partial charge in [0.1, 0.15) is 12.3 Å². The quantitative estimate of drug-likeness (QED) is 0.889. The van der Waals surface area contributed by atoms with E-state index in [-0.39, 0.29) is 18.5 Å². The average Bonchev–Trinajstić information content (AvgIpc) is 2.86. The topological polar surface area (TPSA) is 66.8 Å². The SMILES string of the molecule is CCC(C)N(CC(=O)O)C(=O)C1Cc2ccccc2O1. The van der Waals surface area contributed by atoms with Crippen LogP contribution in [0.25, 0.3) is 0 Å². The van der Waals surface area contributed by atoms with E-state index in [4.69, 9.17) is 9.84 Å². The zero-order valence-electron chi connectivity index (χ0n) is 11.7. The Bertz CT molecular complexity index is 489. The third kappa shape index (κ3) is 2.92. The molecule has 0 fully saturated rings. The predicted octanol–water partition coefficient (Wildman–Crippen LogP) is 1.70. The zero-order chi connectivity index (χ0) is 14.7. The van der Waals surface area contributed by atoms with Crippen molar-refractivity contribution in [2.24, 2.45) is 0 Å². The molecule has 2 atom stereocenters. The summed E-state index contributed by atoms with van der Waals surface area (Å²) in [5, 5.41) is 8.96. The number of fused-ring (bicyclic) bond motifs is 1. The first-order valence-corrected chi connectivity index (χ1v) is 6.79. The van der Waals surface area contributed by atoms with E-state index in [1.165, 1.54) is 4.90 Å². The van der Waals surface area contributed by atoms with E-state index >= 15 is 0 Å². The third-order valence-corrected chi connectivity index (χ3v) is 3.63. The molecular formula is C15H19NO4. The highest BCUT2D eigenvalue weighted by molar-refractivity contribution is 5.86. The van der Waals surface area contributed by atoms with Crippen molar-refractivity contribution in [1.29, 1.82) is 0 Å². The largest absolute Gasteiger partial charge is 0.480 e. The highest BCUT2D eigenvalue weighted by Crippen LogP contribution is 2.29. The van der Waals surface area contributed by atoms with Crippen LogP contribution >= 0.6 is 0 Å². The van der Waals surface area contributed by atoms with Gasteiger partial charge >= 0.3 is 5.97 Å². The monoisotopic (exact) mass is 277 g/mol. The maximum absolute atomic E-state index is 12.5. The minimum absolute atomic E-state index is 0.120. The first-order valence-electron chi connectivity index (χ1n) is 6.79. The lowest BCUT2D eigenvalue weighted by atomic mass is 10.1. The van der Waals surface area contributed by atoms with Crippen LogP contribution in [-0.2, 0) is 16.0 Å². The van der Waals surface area contributed by atoms with Crippen molar-refractivity contribution in [3.05, 3.63) is 29.8 Å². The highest BCUT2D eigenvalue weighted by Gasteiger charge is 2.34. The number of carbonyl (C=O) groups is 2. The van der Waals surface area contributed by atoms with Crippen LogP contribution in [0.3, 0.4) is 0 Å². The van der Waals surface area contributed by atoms with Crippen molar-refractivity contribution in [3.63, 3.8) is 0 Å². The van der Waals surface area contributed by atoms with Crippen LogP contribution in [0.15, 0.2) is 24.3 Å². The van der Waals surface area contributed by atoms with Crippen molar-refractivity contribution < 1.29 is 19.4 Å². The fourth-order valence-corrected chi connectivity index (χ4v) is 2.32. The Morgan fingerprint density at radius 2 is 2.15 bits per heavy atom. The standard InChI is InChI=1S/C15H19NO4/c1-3-10(2)16(9-14(17)18)15(19)13-8-11-6-4-5-7-12(11)20-13/h4-7,10,13H,3,8-9H2,1-2H3,(H,17,18). The summed E-state index contributed by atoms with van der Waals surface area (Å²) in [4.78, 5) is 24.8. The Balaban J connectivity index is 2.12. The maximum Gasteiger partial charge on any atom is 0.323 e. The molecule has 108 valence electrons. The molecule has 0 saturated carbocycles. The van der Waals surface area contributed by atoms with Gasteiger partial charge in [0.25, 0.3) is 5.91 Å². The van der Waals surface area contributed by atoms with Gasteiger partial charge < -0.3 is 14.7 Å². The van der Waals surface area contributed by atoms with Crippen LogP contribution < -0.4 is 4.74 Å². The van der Waals surface area contributed by atoms with Crippen LogP contribution in [0.2, 0.25) is 0 Å². The number of carboxylic acids is 1. The fourth-order valence-electron chi connectivity index (χ4n) is 2.32. The van der Waals surface area contributed by atoms with E-state index in [0.29, 0.717) is 18.6 Å². The predicted molar refractivity (Wildman–Crippen MR) is 73.7 cm³/mol. The average molecular weight is 277 g/mol. The molecule has 1 heterocycles. The van der Waals surface area contributed by atoms with Gasteiger partial charge in [0.15, 0.2) is 6.10 Å². The lowest BCUT2D eigenvalue weighted by Crippen LogP contribution is -2.48.